The Morgan fingerprint density at radius 3 is 3.00 bits per heavy atom. The van der Waals surface area contributed by atoms with Crippen molar-refractivity contribution in [3.63, 3.8) is 0 Å². The fraction of sp³-hybridized carbons (Fsp3) is 0.500. The molecule has 3 heteroatoms. The molecular weight excluding hydrogens is 118 g/mol. The van der Waals surface area contributed by atoms with E-state index in [1.54, 1.807) is 10.8 Å². The van der Waals surface area contributed by atoms with Crippen LogP contribution in [0.4, 0.5) is 0 Å². The average molecular weight is 127 g/mol. The van der Waals surface area contributed by atoms with Crippen molar-refractivity contribution in [3.8, 4) is 0 Å². The molecule has 3 nitrogen and oxygen atoms in total. The van der Waals surface area contributed by atoms with Crippen LogP contribution in [0.15, 0.2) is 21.7 Å². The Kier molecular flexibility index (Phi) is 1.72. The third-order valence-corrected chi connectivity index (χ3v) is 1.11. The van der Waals surface area contributed by atoms with E-state index < -0.39 is 0 Å². The monoisotopic (exact) mass is 127 g/mol. The van der Waals surface area contributed by atoms with Crippen molar-refractivity contribution in [2.24, 2.45) is 0 Å². The molecule has 9 heavy (non-hydrogen) atoms. The molecule has 0 unspecified atom stereocenters. The molecule has 0 bridgehead atoms. The maximum absolute atomic E-state index is 10.6. The van der Waals surface area contributed by atoms with Gasteiger partial charge in [-0.25, -0.2) is 4.79 Å². The van der Waals surface area contributed by atoms with Crippen molar-refractivity contribution >= 4 is 0 Å². The second kappa shape index (κ2) is 2.53. The van der Waals surface area contributed by atoms with Crippen LogP contribution in [0.25, 0.3) is 0 Å². The van der Waals surface area contributed by atoms with Gasteiger partial charge in [-0.3, -0.25) is 4.57 Å². The van der Waals surface area contributed by atoms with Crippen LogP contribution in [-0.4, -0.2) is 4.57 Å². The number of nitrogens with zero attached hydrogens (tertiary/aromatic N) is 1. The topological polar surface area (TPSA) is 35.1 Å². The summed E-state index contributed by atoms with van der Waals surface area (Å²) in [4.78, 5) is 10.6. The molecule has 0 amide bonds. The fourth-order valence-corrected chi connectivity index (χ4v) is 0.697. The summed E-state index contributed by atoms with van der Waals surface area (Å²) in [5.74, 6) is -0.267. The van der Waals surface area contributed by atoms with Gasteiger partial charge in [0, 0.05) is 12.7 Å². The number of rotatable bonds is 2. The summed E-state index contributed by atoms with van der Waals surface area (Å²) in [6.45, 7) is 2.76. The van der Waals surface area contributed by atoms with E-state index in [-0.39, 0.29) is 5.76 Å². The maximum Gasteiger partial charge on any atom is 0.418 e. The molecule has 0 aromatic carbocycles. The van der Waals surface area contributed by atoms with Crippen molar-refractivity contribution in [2.45, 2.75) is 19.9 Å². The van der Waals surface area contributed by atoms with Crippen molar-refractivity contribution in [1.29, 1.82) is 0 Å². The van der Waals surface area contributed by atoms with Gasteiger partial charge in [0.05, 0.1) is 0 Å². The van der Waals surface area contributed by atoms with Crippen LogP contribution in [0, 0.1) is 0 Å². The molecular formula is C6H9NO2. The Balaban J connectivity index is 2.81. The molecule has 1 heterocycles. The molecule has 0 aliphatic carbocycles. The fourth-order valence-electron chi connectivity index (χ4n) is 0.697. The zero-order valence-electron chi connectivity index (χ0n) is 5.33. The quantitative estimate of drug-likeness (QED) is 0.590. The molecule has 0 fully saturated rings. The lowest BCUT2D eigenvalue weighted by Crippen LogP contribution is -2.12. The molecule has 50 valence electrons. The van der Waals surface area contributed by atoms with Crippen molar-refractivity contribution in [2.75, 3.05) is 0 Å². The van der Waals surface area contributed by atoms with Crippen molar-refractivity contribution < 1.29 is 4.42 Å². The van der Waals surface area contributed by atoms with E-state index in [2.05, 4.69) is 4.42 Å². The molecule has 1 aromatic rings. The second-order valence-electron chi connectivity index (χ2n) is 1.86. The number of aryl methyl sites for hydroxylation is 1. The number of hydrogen-bond donors (Lipinski definition) is 0. The average Bonchev–Trinajstić information content (AvgIpc) is 2.18. The lowest BCUT2D eigenvalue weighted by atomic mass is 10.5. The zero-order valence-corrected chi connectivity index (χ0v) is 5.33. The third-order valence-electron chi connectivity index (χ3n) is 1.11. The Hall–Kier alpha value is -0.990. The van der Waals surface area contributed by atoms with Crippen LogP contribution in [0.5, 0.6) is 0 Å². The van der Waals surface area contributed by atoms with Gasteiger partial charge in [0.25, 0.3) is 0 Å². The molecule has 0 spiro atoms. The molecule has 0 aliphatic heterocycles. The summed E-state index contributed by atoms with van der Waals surface area (Å²) in [5.41, 5.74) is 0. The molecule has 0 saturated carbocycles. The minimum Gasteiger partial charge on any atom is -0.416 e. The zero-order chi connectivity index (χ0) is 6.69. The molecule has 0 aliphatic rings. The molecule has 0 N–H and O–H groups in total. The summed E-state index contributed by atoms with van der Waals surface area (Å²) >= 11 is 0. The summed E-state index contributed by atoms with van der Waals surface area (Å²) in [6.07, 6.45) is 4.00. The van der Waals surface area contributed by atoms with E-state index in [0.29, 0.717) is 0 Å². The van der Waals surface area contributed by atoms with Gasteiger partial charge in [0.1, 0.15) is 6.26 Å². The first-order valence-electron chi connectivity index (χ1n) is 2.98. The highest BCUT2D eigenvalue weighted by Crippen LogP contribution is 1.84. The van der Waals surface area contributed by atoms with Gasteiger partial charge in [-0.15, -0.1) is 0 Å². The summed E-state index contributed by atoms with van der Waals surface area (Å²) in [5, 5.41) is 0. The highest BCUT2D eigenvalue weighted by atomic mass is 16.4. The van der Waals surface area contributed by atoms with E-state index in [9.17, 15) is 4.79 Å². The number of oxazole rings is 1. The lowest BCUT2D eigenvalue weighted by molar-refractivity contribution is 0.476. The second-order valence-corrected chi connectivity index (χ2v) is 1.86. The summed E-state index contributed by atoms with van der Waals surface area (Å²) in [7, 11) is 0. The molecule has 0 atom stereocenters. The highest BCUT2D eigenvalue weighted by Gasteiger charge is 1.92. The van der Waals surface area contributed by atoms with E-state index in [1.165, 1.54) is 6.26 Å². The largest absolute Gasteiger partial charge is 0.418 e. The first-order valence-corrected chi connectivity index (χ1v) is 2.98. The SMILES string of the molecule is CCCn1ccoc1=O. The molecule has 0 saturated heterocycles. The number of hydrogen-bond acceptors (Lipinski definition) is 2. The van der Waals surface area contributed by atoms with Gasteiger partial charge in [-0.2, -0.15) is 0 Å². The Bertz CT molecular complexity index is 223. The Labute approximate surface area is 52.9 Å². The predicted octanol–water partition coefficient (Wildman–Crippen LogP) is 0.851. The first kappa shape index (κ1) is 6.13. The van der Waals surface area contributed by atoms with Gasteiger partial charge < -0.3 is 4.42 Å². The van der Waals surface area contributed by atoms with E-state index >= 15 is 0 Å². The summed E-state index contributed by atoms with van der Waals surface area (Å²) < 4.78 is 6.07. The predicted molar refractivity (Wildman–Crippen MR) is 33.3 cm³/mol. The van der Waals surface area contributed by atoms with E-state index in [1.807, 2.05) is 6.92 Å². The van der Waals surface area contributed by atoms with Crippen LogP contribution in [0.1, 0.15) is 13.3 Å². The van der Waals surface area contributed by atoms with E-state index in [0.717, 1.165) is 13.0 Å². The smallest absolute Gasteiger partial charge is 0.416 e. The molecule has 0 radical (unpaired) electrons. The van der Waals surface area contributed by atoms with Crippen molar-refractivity contribution in [1.82, 2.24) is 4.57 Å². The van der Waals surface area contributed by atoms with Gasteiger partial charge in [0.15, 0.2) is 0 Å². The third kappa shape index (κ3) is 1.22. The van der Waals surface area contributed by atoms with Gasteiger partial charge in [-0.05, 0) is 6.42 Å². The van der Waals surface area contributed by atoms with Crippen LogP contribution in [-0.2, 0) is 6.54 Å². The highest BCUT2D eigenvalue weighted by molar-refractivity contribution is 4.68. The maximum atomic E-state index is 10.6. The minimum absolute atomic E-state index is 0.267. The van der Waals surface area contributed by atoms with Crippen molar-refractivity contribution in [3.05, 3.63) is 23.0 Å². The van der Waals surface area contributed by atoms with Crippen LogP contribution in [0.2, 0.25) is 0 Å². The van der Waals surface area contributed by atoms with Crippen LogP contribution in [0.3, 0.4) is 0 Å². The van der Waals surface area contributed by atoms with Gasteiger partial charge in [-0.1, -0.05) is 6.92 Å². The van der Waals surface area contributed by atoms with E-state index in [4.69, 9.17) is 0 Å². The minimum atomic E-state index is -0.267. The Morgan fingerprint density at radius 2 is 2.56 bits per heavy atom. The Morgan fingerprint density at radius 1 is 1.78 bits per heavy atom. The summed E-state index contributed by atoms with van der Waals surface area (Å²) in [6, 6.07) is 0. The standard InChI is InChI=1S/C6H9NO2/c1-2-3-7-4-5-9-6(7)8/h4-5H,2-3H2,1H3. The van der Waals surface area contributed by atoms with Gasteiger partial charge in [0.2, 0.25) is 0 Å². The normalized spacial score (nSPS) is 9.89. The molecule has 1 aromatic heterocycles. The molecule has 1 rings (SSSR count). The lowest BCUT2D eigenvalue weighted by Gasteiger charge is -1.90. The first-order chi connectivity index (χ1) is 4.34. The van der Waals surface area contributed by atoms with Gasteiger partial charge >= 0.3 is 5.76 Å². The number of aromatic nitrogens is 1. The van der Waals surface area contributed by atoms with Crippen LogP contribution < -0.4 is 5.76 Å². The van der Waals surface area contributed by atoms with Crippen LogP contribution >= 0.6 is 0 Å².